The van der Waals surface area contributed by atoms with E-state index in [4.69, 9.17) is 5.14 Å². The van der Waals surface area contributed by atoms with E-state index < -0.39 is 40.2 Å². The van der Waals surface area contributed by atoms with E-state index in [9.17, 15) is 26.0 Å². The molecule has 5 nitrogen and oxygen atoms in total. The zero-order valence-corrected chi connectivity index (χ0v) is 14.9. The summed E-state index contributed by atoms with van der Waals surface area (Å²) in [5.74, 6) is -0.634. The number of rotatable bonds is 3. The summed E-state index contributed by atoms with van der Waals surface area (Å²) >= 11 is 0. The summed E-state index contributed by atoms with van der Waals surface area (Å²) in [6.45, 7) is 1.67. The topological polar surface area (TPSA) is 75.8 Å². The summed E-state index contributed by atoms with van der Waals surface area (Å²) in [6, 6.07) is 8.14. The van der Waals surface area contributed by atoms with Gasteiger partial charge < -0.3 is 0 Å². The predicted octanol–water partition coefficient (Wildman–Crippen LogP) is 3.65. The minimum absolute atomic E-state index is 0.0686. The molecule has 1 heterocycles. The average molecular weight is 401 g/mol. The zero-order valence-electron chi connectivity index (χ0n) is 14.0. The van der Waals surface area contributed by atoms with E-state index in [1.807, 2.05) is 0 Å². The van der Waals surface area contributed by atoms with Crippen molar-refractivity contribution in [3.8, 4) is 0 Å². The third-order valence-corrected chi connectivity index (χ3v) is 5.11. The van der Waals surface area contributed by atoms with Gasteiger partial charge in [0.1, 0.15) is 11.5 Å². The molecule has 2 N–H and O–H groups in total. The third kappa shape index (κ3) is 3.96. The Hall–Kier alpha value is -2.46. The third-order valence-electron chi connectivity index (χ3n) is 4.18. The number of aryl methyl sites for hydroxylation is 1. The molecule has 0 aromatic heterocycles. The Morgan fingerprint density at radius 2 is 1.78 bits per heavy atom. The number of nitrogens with two attached hydrogens (primary N) is 1. The lowest BCUT2D eigenvalue weighted by Gasteiger charge is -2.24. The highest BCUT2D eigenvalue weighted by Crippen LogP contribution is 2.40. The van der Waals surface area contributed by atoms with Crippen LogP contribution in [0.3, 0.4) is 0 Å². The van der Waals surface area contributed by atoms with E-state index in [1.54, 1.807) is 13.0 Å². The van der Waals surface area contributed by atoms with Gasteiger partial charge in [0.25, 0.3) is 0 Å². The molecule has 0 amide bonds. The molecule has 0 radical (unpaired) electrons. The van der Waals surface area contributed by atoms with Gasteiger partial charge in [-0.25, -0.2) is 17.9 Å². The molecule has 0 spiro atoms. The van der Waals surface area contributed by atoms with Gasteiger partial charge in [0.05, 0.1) is 16.6 Å². The molecule has 2 aromatic rings. The van der Waals surface area contributed by atoms with Crippen molar-refractivity contribution in [3.63, 3.8) is 0 Å². The Bertz CT molecular complexity index is 1000. The van der Waals surface area contributed by atoms with E-state index in [0.717, 1.165) is 17.1 Å². The molecule has 27 heavy (non-hydrogen) atoms. The molecule has 0 saturated heterocycles. The second kappa shape index (κ2) is 6.61. The molecule has 10 heteroatoms. The Labute approximate surface area is 153 Å². The van der Waals surface area contributed by atoms with Gasteiger partial charge in [0.2, 0.25) is 10.0 Å². The first-order valence-corrected chi connectivity index (χ1v) is 9.34. The molecule has 0 aliphatic carbocycles. The van der Waals surface area contributed by atoms with Crippen molar-refractivity contribution in [1.29, 1.82) is 0 Å². The molecule has 144 valence electrons. The average Bonchev–Trinajstić information content (AvgIpc) is 2.99. The van der Waals surface area contributed by atoms with Crippen molar-refractivity contribution >= 4 is 21.4 Å². The van der Waals surface area contributed by atoms with Gasteiger partial charge in [-0.2, -0.15) is 18.3 Å². The van der Waals surface area contributed by atoms with Crippen LogP contribution in [0.1, 0.15) is 23.6 Å². The molecule has 0 bridgehead atoms. The molecule has 0 fully saturated rings. The maximum absolute atomic E-state index is 14.4. The second-order valence-corrected chi connectivity index (χ2v) is 7.73. The van der Waals surface area contributed by atoms with E-state index >= 15 is 0 Å². The molecule has 1 atom stereocenters. The number of nitrogens with zero attached hydrogens (tertiary/aromatic N) is 2. The lowest BCUT2D eigenvalue weighted by atomic mass is 9.99. The zero-order chi connectivity index (χ0) is 20.0. The van der Waals surface area contributed by atoms with Crippen molar-refractivity contribution in [2.75, 3.05) is 5.01 Å². The normalized spacial score (nSPS) is 17.9. The molecule has 3 rings (SSSR count). The van der Waals surface area contributed by atoms with Crippen molar-refractivity contribution in [3.05, 3.63) is 59.4 Å². The summed E-state index contributed by atoms with van der Waals surface area (Å²) in [7, 11) is -3.95. The summed E-state index contributed by atoms with van der Waals surface area (Å²) in [4.78, 5) is -0.191. The molecule has 1 aliphatic heterocycles. The van der Waals surface area contributed by atoms with Crippen molar-refractivity contribution in [2.24, 2.45) is 10.2 Å². The van der Waals surface area contributed by atoms with Crippen LogP contribution in [0.4, 0.5) is 23.2 Å². The summed E-state index contributed by atoms with van der Waals surface area (Å²) < 4.78 is 76.6. The van der Waals surface area contributed by atoms with Gasteiger partial charge in [-0.1, -0.05) is 12.1 Å². The van der Waals surface area contributed by atoms with Crippen LogP contribution in [0.15, 0.2) is 52.5 Å². The first-order chi connectivity index (χ1) is 12.5. The Kier molecular flexibility index (Phi) is 4.73. The summed E-state index contributed by atoms with van der Waals surface area (Å²) in [5, 5.41) is 9.69. The van der Waals surface area contributed by atoms with Crippen LogP contribution in [0.25, 0.3) is 0 Å². The lowest BCUT2D eigenvalue weighted by Crippen LogP contribution is -2.22. The van der Waals surface area contributed by atoms with Crippen LogP contribution in [0.5, 0.6) is 0 Å². The number of hydrogen-bond donors (Lipinski definition) is 1. The molecule has 1 aliphatic rings. The van der Waals surface area contributed by atoms with E-state index in [0.29, 0.717) is 5.56 Å². The van der Waals surface area contributed by atoms with Gasteiger partial charge in [-0.05, 0) is 42.8 Å². The van der Waals surface area contributed by atoms with Crippen LogP contribution in [0, 0.1) is 12.7 Å². The first kappa shape index (κ1) is 19.3. The second-order valence-electron chi connectivity index (χ2n) is 6.17. The van der Waals surface area contributed by atoms with Crippen LogP contribution >= 0.6 is 0 Å². The number of primary sulfonamides is 1. The predicted molar refractivity (Wildman–Crippen MR) is 92.3 cm³/mol. The minimum Gasteiger partial charge on any atom is -0.257 e. The van der Waals surface area contributed by atoms with Gasteiger partial charge >= 0.3 is 6.18 Å². The number of sulfonamides is 1. The summed E-state index contributed by atoms with van der Waals surface area (Å²) in [6.07, 6.45) is -5.19. The van der Waals surface area contributed by atoms with Crippen molar-refractivity contribution < 1.29 is 26.0 Å². The van der Waals surface area contributed by atoms with Gasteiger partial charge in [-0.3, -0.25) is 5.01 Å². The number of benzene rings is 2. The monoisotopic (exact) mass is 401 g/mol. The minimum atomic E-state index is -4.66. The van der Waals surface area contributed by atoms with Crippen molar-refractivity contribution in [2.45, 2.75) is 30.5 Å². The number of hydrogen-bond acceptors (Lipinski definition) is 4. The number of anilines is 1. The van der Waals surface area contributed by atoms with Crippen LogP contribution in [-0.4, -0.2) is 20.3 Å². The molecule has 0 saturated carbocycles. The highest BCUT2D eigenvalue weighted by molar-refractivity contribution is 7.89. The number of alkyl halides is 3. The largest absolute Gasteiger partial charge is 0.431 e. The fourth-order valence-electron chi connectivity index (χ4n) is 2.85. The standard InChI is InChI=1S/C17H15F4N3O2S/c1-10-2-7-13(14(18)8-10)15-9-16(17(19,20)21)23-24(15)11-3-5-12(6-4-11)27(22,25)26/h2-8,15H,9H2,1H3,(H2,22,25,26). The first-order valence-electron chi connectivity index (χ1n) is 7.79. The summed E-state index contributed by atoms with van der Waals surface area (Å²) in [5.41, 5.74) is -0.149. The molecular weight excluding hydrogens is 386 g/mol. The van der Waals surface area contributed by atoms with E-state index in [-0.39, 0.29) is 16.1 Å². The Morgan fingerprint density at radius 1 is 1.15 bits per heavy atom. The molecule has 2 aromatic carbocycles. The van der Waals surface area contributed by atoms with Gasteiger partial charge in [0, 0.05) is 12.0 Å². The van der Waals surface area contributed by atoms with Crippen LogP contribution in [0.2, 0.25) is 0 Å². The fraction of sp³-hybridized carbons (Fsp3) is 0.235. The maximum Gasteiger partial charge on any atom is 0.431 e. The fourth-order valence-corrected chi connectivity index (χ4v) is 3.37. The molecular formula is C17H15F4N3O2S. The van der Waals surface area contributed by atoms with E-state index in [1.165, 1.54) is 24.3 Å². The van der Waals surface area contributed by atoms with E-state index in [2.05, 4.69) is 5.10 Å². The molecule has 1 unspecified atom stereocenters. The smallest absolute Gasteiger partial charge is 0.257 e. The highest BCUT2D eigenvalue weighted by atomic mass is 32.2. The van der Waals surface area contributed by atoms with Gasteiger partial charge in [-0.15, -0.1) is 0 Å². The number of halogens is 4. The SMILES string of the molecule is Cc1ccc(C2CC(C(F)(F)F)=NN2c2ccc(S(N)(=O)=O)cc2)c(F)c1. The number of hydrazone groups is 1. The highest BCUT2D eigenvalue weighted by Gasteiger charge is 2.44. The lowest BCUT2D eigenvalue weighted by molar-refractivity contribution is -0.0600. The Balaban J connectivity index is 2.05. The van der Waals surface area contributed by atoms with Crippen LogP contribution < -0.4 is 10.1 Å². The van der Waals surface area contributed by atoms with Gasteiger partial charge in [0.15, 0.2) is 0 Å². The quantitative estimate of drug-likeness (QED) is 0.798. The van der Waals surface area contributed by atoms with Crippen LogP contribution in [-0.2, 0) is 10.0 Å². The maximum atomic E-state index is 14.4. The Morgan fingerprint density at radius 3 is 2.30 bits per heavy atom. The van der Waals surface area contributed by atoms with Crippen molar-refractivity contribution in [1.82, 2.24) is 0 Å².